The zero-order valence-corrected chi connectivity index (χ0v) is 10.4. The first-order chi connectivity index (χ1) is 8.16. The third kappa shape index (κ3) is 2.98. The largest absolute Gasteiger partial charge is 0.391 e. The normalized spacial score (nSPS) is 10.4. The van der Waals surface area contributed by atoms with E-state index in [4.69, 9.17) is 17.3 Å². The second kappa shape index (κ2) is 5.20. The SMILES string of the molecule is Nc1c(NCCc2ccc(Cl)s2)nc[nH]c1=O. The van der Waals surface area contributed by atoms with Crippen LogP contribution < -0.4 is 16.6 Å². The number of nitrogens with two attached hydrogens (primary N) is 1. The minimum atomic E-state index is -0.332. The summed E-state index contributed by atoms with van der Waals surface area (Å²) in [6.45, 7) is 0.650. The van der Waals surface area contributed by atoms with E-state index in [-0.39, 0.29) is 11.2 Å². The maximum Gasteiger partial charge on any atom is 0.276 e. The summed E-state index contributed by atoms with van der Waals surface area (Å²) in [6.07, 6.45) is 2.13. The summed E-state index contributed by atoms with van der Waals surface area (Å²) < 4.78 is 0.772. The van der Waals surface area contributed by atoms with Crippen LogP contribution in [0.5, 0.6) is 0 Å². The van der Waals surface area contributed by atoms with Crippen molar-refractivity contribution in [3.05, 3.63) is 38.0 Å². The van der Waals surface area contributed by atoms with Gasteiger partial charge in [0.2, 0.25) is 0 Å². The van der Waals surface area contributed by atoms with Gasteiger partial charge in [0.25, 0.3) is 5.56 Å². The maximum absolute atomic E-state index is 11.2. The Kier molecular flexibility index (Phi) is 3.65. The molecule has 2 heterocycles. The second-order valence-corrected chi connectivity index (χ2v) is 5.18. The number of anilines is 2. The predicted octanol–water partition coefficient (Wildman–Crippen LogP) is 1.72. The van der Waals surface area contributed by atoms with E-state index >= 15 is 0 Å². The molecule has 0 aliphatic heterocycles. The lowest BCUT2D eigenvalue weighted by Crippen LogP contribution is -2.17. The molecule has 0 atom stereocenters. The van der Waals surface area contributed by atoms with Gasteiger partial charge in [0, 0.05) is 11.4 Å². The molecule has 0 fully saturated rings. The molecule has 0 aromatic carbocycles. The van der Waals surface area contributed by atoms with Gasteiger partial charge < -0.3 is 16.0 Å². The molecular weight excluding hydrogens is 260 g/mol. The van der Waals surface area contributed by atoms with Crippen molar-refractivity contribution in [1.82, 2.24) is 9.97 Å². The van der Waals surface area contributed by atoms with Gasteiger partial charge in [0.05, 0.1) is 10.7 Å². The average Bonchev–Trinajstić information content (AvgIpc) is 2.70. The third-order valence-corrected chi connectivity index (χ3v) is 3.47. The second-order valence-electron chi connectivity index (χ2n) is 3.38. The number of nitrogen functional groups attached to an aromatic ring is 1. The molecule has 4 N–H and O–H groups in total. The monoisotopic (exact) mass is 270 g/mol. The van der Waals surface area contributed by atoms with E-state index in [1.54, 1.807) is 0 Å². The van der Waals surface area contributed by atoms with Crippen LogP contribution >= 0.6 is 22.9 Å². The van der Waals surface area contributed by atoms with E-state index in [0.29, 0.717) is 12.4 Å². The molecule has 7 heteroatoms. The smallest absolute Gasteiger partial charge is 0.276 e. The van der Waals surface area contributed by atoms with Gasteiger partial charge in [-0.1, -0.05) is 11.6 Å². The molecule has 5 nitrogen and oxygen atoms in total. The van der Waals surface area contributed by atoms with Crippen LogP contribution in [0.4, 0.5) is 11.5 Å². The molecule has 90 valence electrons. The van der Waals surface area contributed by atoms with Crippen molar-refractivity contribution in [3.8, 4) is 0 Å². The van der Waals surface area contributed by atoms with E-state index in [1.807, 2.05) is 12.1 Å². The predicted molar refractivity (Wildman–Crippen MR) is 70.8 cm³/mol. The Hall–Kier alpha value is -1.53. The van der Waals surface area contributed by atoms with Crippen molar-refractivity contribution in [1.29, 1.82) is 0 Å². The summed E-state index contributed by atoms with van der Waals surface area (Å²) in [5, 5.41) is 3.02. The minimum absolute atomic E-state index is 0.108. The summed E-state index contributed by atoms with van der Waals surface area (Å²) in [7, 11) is 0. The summed E-state index contributed by atoms with van der Waals surface area (Å²) >= 11 is 7.36. The molecule has 0 saturated heterocycles. The van der Waals surface area contributed by atoms with E-state index in [0.717, 1.165) is 10.8 Å². The third-order valence-electron chi connectivity index (χ3n) is 2.18. The molecule has 2 rings (SSSR count). The van der Waals surface area contributed by atoms with E-state index < -0.39 is 0 Å². The topological polar surface area (TPSA) is 83.8 Å². The van der Waals surface area contributed by atoms with E-state index in [1.165, 1.54) is 22.5 Å². The van der Waals surface area contributed by atoms with Crippen LogP contribution in [0.2, 0.25) is 4.34 Å². The first-order valence-corrected chi connectivity index (χ1v) is 6.17. The summed E-state index contributed by atoms with van der Waals surface area (Å²) in [4.78, 5) is 18.7. The molecule has 17 heavy (non-hydrogen) atoms. The van der Waals surface area contributed by atoms with Gasteiger partial charge >= 0.3 is 0 Å². The van der Waals surface area contributed by atoms with Crippen LogP contribution in [0, 0.1) is 0 Å². The van der Waals surface area contributed by atoms with Gasteiger partial charge in [-0.05, 0) is 18.6 Å². The number of hydrogen-bond donors (Lipinski definition) is 3. The van der Waals surface area contributed by atoms with Crippen LogP contribution in [0.15, 0.2) is 23.3 Å². The van der Waals surface area contributed by atoms with Crippen molar-refractivity contribution < 1.29 is 0 Å². The van der Waals surface area contributed by atoms with Crippen LogP contribution in [-0.4, -0.2) is 16.5 Å². The number of hydrogen-bond acceptors (Lipinski definition) is 5. The highest BCUT2D eigenvalue weighted by Crippen LogP contribution is 2.21. The zero-order chi connectivity index (χ0) is 12.3. The Bertz CT molecular complexity index is 565. The lowest BCUT2D eigenvalue weighted by atomic mass is 10.3. The van der Waals surface area contributed by atoms with Crippen molar-refractivity contribution in [2.24, 2.45) is 0 Å². The zero-order valence-electron chi connectivity index (χ0n) is 8.87. The van der Waals surface area contributed by atoms with Crippen LogP contribution in [0.3, 0.4) is 0 Å². The highest BCUT2D eigenvalue weighted by atomic mass is 35.5. The highest BCUT2D eigenvalue weighted by Gasteiger charge is 2.04. The van der Waals surface area contributed by atoms with Crippen molar-refractivity contribution >= 4 is 34.4 Å². The van der Waals surface area contributed by atoms with Gasteiger partial charge in [0.1, 0.15) is 5.69 Å². The van der Waals surface area contributed by atoms with Crippen LogP contribution in [0.25, 0.3) is 0 Å². The summed E-state index contributed by atoms with van der Waals surface area (Å²) in [5.74, 6) is 0.413. The highest BCUT2D eigenvalue weighted by molar-refractivity contribution is 7.16. The molecule has 0 unspecified atom stereocenters. The fraction of sp³-hybridized carbons (Fsp3) is 0.200. The molecule has 0 amide bonds. The number of nitrogens with zero attached hydrogens (tertiary/aromatic N) is 1. The first-order valence-electron chi connectivity index (χ1n) is 4.98. The van der Waals surface area contributed by atoms with E-state index in [9.17, 15) is 4.79 Å². The Labute approximate surface area is 107 Å². The van der Waals surface area contributed by atoms with Crippen LogP contribution in [-0.2, 0) is 6.42 Å². The lowest BCUT2D eigenvalue weighted by molar-refractivity contribution is 1.01. The molecular formula is C10H11ClN4OS. The summed E-state index contributed by atoms with van der Waals surface area (Å²) in [6, 6.07) is 3.84. The number of halogens is 1. The van der Waals surface area contributed by atoms with Gasteiger partial charge in [0.15, 0.2) is 5.82 Å². The first kappa shape index (κ1) is 11.9. The number of thiophene rings is 1. The van der Waals surface area contributed by atoms with Crippen LogP contribution in [0.1, 0.15) is 4.88 Å². The van der Waals surface area contributed by atoms with Crippen molar-refractivity contribution in [3.63, 3.8) is 0 Å². The fourth-order valence-electron chi connectivity index (χ4n) is 1.34. The molecule has 0 spiro atoms. The van der Waals surface area contributed by atoms with Gasteiger partial charge in [-0.25, -0.2) is 4.98 Å². The Balaban J connectivity index is 1.94. The molecule has 2 aromatic heterocycles. The fourth-order valence-corrected chi connectivity index (χ4v) is 2.43. The number of aromatic nitrogens is 2. The van der Waals surface area contributed by atoms with Crippen molar-refractivity contribution in [2.75, 3.05) is 17.6 Å². The Morgan fingerprint density at radius 1 is 1.53 bits per heavy atom. The van der Waals surface area contributed by atoms with Gasteiger partial charge in [-0.15, -0.1) is 11.3 Å². The Morgan fingerprint density at radius 3 is 3.06 bits per heavy atom. The number of nitrogens with one attached hydrogen (secondary N) is 2. The molecule has 0 aliphatic carbocycles. The lowest BCUT2D eigenvalue weighted by Gasteiger charge is -2.05. The molecule has 0 aliphatic rings. The van der Waals surface area contributed by atoms with E-state index in [2.05, 4.69) is 15.3 Å². The standard InChI is InChI=1S/C10H11ClN4OS/c11-7-2-1-6(17-7)3-4-13-9-8(12)10(16)15-5-14-9/h1-2,5H,3-4,12H2,(H2,13,14,15,16). The van der Waals surface area contributed by atoms with Gasteiger partial charge in [-0.2, -0.15) is 0 Å². The molecule has 0 bridgehead atoms. The van der Waals surface area contributed by atoms with Crippen molar-refractivity contribution in [2.45, 2.75) is 6.42 Å². The number of rotatable bonds is 4. The van der Waals surface area contributed by atoms with Gasteiger partial charge in [-0.3, -0.25) is 4.79 Å². The minimum Gasteiger partial charge on any atom is -0.391 e. The number of H-pyrrole nitrogens is 1. The maximum atomic E-state index is 11.2. The average molecular weight is 271 g/mol. The quantitative estimate of drug-likeness (QED) is 0.790. The number of aromatic amines is 1. The molecule has 0 saturated carbocycles. The summed E-state index contributed by atoms with van der Waals surface area (Å²) in [5.41, 5.74) is 5.36. The molecule has 2 aromatic rings. The molecule has 0 radical (unpaired) electrons. The Morgan fingerprint density at radius 2 is 2.35 bits per heavy atom.